The highest BCUT2D eigenvalue weighted by molar-refractivity contribution is 5.82. The summed E-state index contributed by atoms with van der Waals surface area (Å²) in [6.07, 6.45) is 0.595. The van der Waals surface area contributed by atoms with Crippen molar-refractivity contribution >= 4 is 5.91 Å². The molecule has 0 aromatic rings. The van der Waals surface area contributed by atoms with E-state index in [-0.39, 0.29) is 24.2 Å². The molecule has 2 aliphatic rings. The Kier molecular flexibility index (Phi) is 5.98. The van der Waals surface area contributed by atoms with Gasteiger partial charge in [-0.05, 0) is 20.3 Å². The van der Waals surface area contributed by atoms with Gasteiger partial charge < -0.3 is 20.1 Å². The zero-order valence-corrected chi connectivity index (χ0v) is 13.4. The van der Waals surface area contributed by atoms with Crippen molar-refractivity contribution in [2.75, 3.05) is 39.3 Å². The van der Waals surface area contributed by atoms with E-state index in [1.54, 1.807) is 0 Å². The van der Waals surface area contributed by atoms with E-state index >= 15 is 0 Å². The van der Waals surface area contributed by atoms with Crippen LogP contribution >= 0.6 is 0 Å². The zero-order valence-electron chi connectivity index (χ0n) is 13.4. The molecule has 0 bridgehead atoms. The van der Waals surface area contributed by atoms with Gasteiger partial charge in [0, 0.05) is 38.8 Å². The fourth-order valence-corrected chi connectivity index (χ4v) is 3.27. The molecule has 2 aliphatic heterocycles. The van der Waals surface area contributed by atoms with Crippen LogP contribution < -0.4 is 5.32 Å². The minimum absolute atomic E-state index is 0.0678. The Bertz CT molecular complexity index is 351. The van der Waals surface area contributed by atoms with Crippen LogP contribution in [0, 0.1) is 0 Å². The topological polar surface area (TPSA) is 65.0 Å². The largest absolute Gasteiger partial charge is 0.392 e. The fraction of sp³-hybridized carbons (Fsp3) is 0.933. The number of aliphatic hydroxyl groups excluding tert-OH is 1. The van der Waals surface area contributed by atoms with Crippen molar-refractivity contribution in [1.29, 1.82) is 0 Å². The molecule has 2 rings (SSSR count). The van der Waals surface area contributed by atoms with Gasteiger partial charge >= 0.3 is 0 Å². The van der Waals surface area contributed by atoms with Gasteiger partial charge in [-0.2, -0.15) is 0 Å². The lowest BCUT2D eigenvalue weighted by molar-refractivity contribution is -0.142. The molecule has 2 heterocycles. The Labute approximate surface area is 127 Å². The predicted octanol–water partition coefficient (Wildman–Crippen LogP) is -0.333. The molecule has 0 aromatic heterocycles. The number of amides is 1. The van der Waals surface area contributed by atoms with Gasteiger partial charge in [0.2, 0.25) is 5.91 Å². The third-order valence-electron chi connectivity index (χ3n) is 4.47. The highest BCUT2D eigenvalue weighted by atomic mass is 16.5. The molecule has 0 radical (unpaired) electrons. The normalized spacial score (nSPS) is 33.0. The maximum atomic E-state index is 12.7. The van der Waals surface area contributed by atoms with Gasteiger partial charge in [-0.15, -0.1) is 0 Å². The van der Waals surface area contributed by atoms with Crippen LogP contribution in [0.2, 0.25) is 0 Å². The van der Waals surface area contributed by atoms with E-state index in [1.807, 2.05) is 18.7 Å². The molecule has 2 N–H and O–H groups in total. The lowest BCUT2D eigenvalue weighted by Gasteiger charge is -2.43. The first-order valence-electron chi connectivity index (χ1n) is 8.08. The van der Waals surface area contributed by atoms with Gasteiger partial charge in [-0.3, -0.25) is 9.69 Å². The number of hydrogen-bond donors (Lipinski definition) is 2. The molecule has 0 aliphatic carbocycles. The smallest absolute Gasteiger partial charge is 0.242 e. The van der Waals surface area contributed by atoms with Crippen LogP contribution in [0.25, 0.3) is 0 Å². The van der Waals surface area contributed by atoms with Crippen molar-refractivity contribution in [2.45, 2.75) is 51.5 Å². The number of β-amino-alcohol motifs (C(OH)–C–C–N with tert-alkyl or cyclic N) is 1. The number of aliphatic hydroxyl groups is 1. The molecular weight excluding hydrogens is 270 g/mol. The molecule has 0 spiro atoms. The molecule has 6 heteroatoms. The number of carbonyl (C=O) groups excluding carboxylic acids is 1. The molecule has 122 valence electrons. The van der Waals surface area contributed by atoms with Crippen LogP contribution in [0.4, 0.5) is 0 Å². The van der Waals surface area contributed by atoms with Crippen LogP contribution in [0.5, 0.6) is 0 Å². The van der Waals surface area contributed by atoms with E-state index < -0.39 is 0 Å². The van der Waals surface area contributed by atoms with Crippen molar-refractivity contribution in [3.8, 4) is 0 Å². The van der Waals surface area contributed by atoms with Crippen LogP contribution in [0.1, 0.15) is 27.2 Å². The van der Waals surface area contributed by atoms with E-state index in [0.717, 1.165) is 32.6 Å². The Morgan fingerprint density at radius 2 is 2.24 bits per heavy atom. The van der Waals surface area contributed by atoms with E-state index in [0.29, 0.717) is 19.2 Å². The van der Waals surface area contributed by atoms with E-state index in [1.165, 1.54) is 0 Å². The second-order valence-electron chi connectivity index (χ2n) is 6.20. The summed E-state index contributed by atoms with van der Waals surface area (Å²) >= 11 is 0. The number of piperazine rings is 1. The highest BCUT2D eigenvalue weighted by Gasteiger charge is 2.35. The van der Waals surface area contributed by atoms with Crippen molar-refractivity contribution in [1.82, 2.24) is 15.1 Å². The average Bonchev–Trinajstić information content (AvgIpc) is 2.47. The van der Waals surface area contributed by atoms with Crippen LogP contribution in [0.3, 0.4) is 0 Å². The molecule has 4 atom stereocenters. The number of rotatable bonds is 4. The first-order chi connectivity index (χ1) is 10.0. The molecule has 0 saturated carbocycles. The van der Waals surface area contributed by atoms with Crippen molar-refractivity contribution < 1.29 is 14.6 Å². The number of morpholine rings is 1. The van der Waals surface area contributed by atoms with Gasteiger partial charge in [0.25, 0.3) is 0 Å². The average molecular weight is 299 g/mol. The second-order valence-corrected chi connectivity index (χ2v) is 6.20. The molecule has 0 aromatic carbocycles. The summed E-state index contributed by atoms with van der Waals surface area (Å²) in [4.78, 5) is 16.9. The number of ether oxygens (including phenoxy) is 1. The van der Waals surface area contributed by atoms with Gasteiger partial charge in [0.15, 0.2) is 0 Å². The number of carbonyl (C=O) groups is 1. The highest BCUT2D eigenvalue weighted by Crippen LogP contribution is 2.16. The summed E-state index contributed by atoms with van der Waals surface area (Å²) in [7, 11) is 0. The standard InChI is InChI=1S/C15H29N3O3/c1-4-13-10-18(7-6-17(13)9-11(2)19)15(20)14-12(3)21-8-5-16-14/h11-14,16,19H,4-10H2,1-3H3/t11?,12-,13?,14+/m1/s1. The van der Waals surface area contributed by atoms with Crippen molar-refractivity contribution in [3.05, 3.63) is 0 Å². The SMILES string of the molecule is CCC1CN(C(=O)[C@H]2NCCO[C@@H]2C)CCN1CC(C)O. The van der Waals surface area contributed by atoms with Crippen molar-refractivity contribution in [2.24, 2.45) is 0 Å². The van der Waals surface area contributed by atoms with Gasteiger partial charge in [0.05, 0.1) is 18.8 Å². The van der Waals surface area contributed by atoms with E-state index in [2.05, 4.69) is 17.1 Å². The van der Waals surface area contributed by atoms with Crippen LogP contribution in [-0.2, 0) is 9.53 Å². The summed E-state index contributed by atoms with van der Waals surface area (Å²) in [6, 6.07) is 0.108. The Morgan fingerprint density at radius 3 is 2.86 bits per heavy atom. The molecule has 2 fully saturated rings. The maximum absolute atomic E-state index is 12.7. The first kappa shape index (κ1) is 16.7. The first-order valence-corrected chi connectivity index (χ1v) is 8.08. The van der Waals surface area contributed by atoms with Crippen LogP contribution in [-0.4, -0.2) is 84.4 Å². The summed E-state index contributed by atoms with van der Waals surface area (Å²) in [5.74, 6) is 0.150. The quantitative estimate of drug-likeness (QED) is 0.744. The van der Waals surface area contributed by atoms with E-state index in [9.17, 15) is 9.90 Å². The molecule has 21 heavy (non-hydrogen) atoms. The number of nitrogens with one attached hydrogen (secondary N) is 1. The third kappa shape index (κ3) is 4.16. The third-order valence-corrected chi connectivity index (χ3v) is 4.47. The molecular formula is C15H29N3O3. The van der Waals surface area contributed by atoms with Gasteiger partial charge in [0.1, 0.15) is 6.04 Å². The van der Waals surface area contributed by atoms with Crippen LogP contribution in [0.15, 0.2) is 0 Å². The number of hydrogen-bond acceptors (Lipinski definition) is 5. The van der Waals surface area contributed by atoms with Gasteiger partial charge in [-0.1, -0.05) is 6.92 Å². The Morgan fingerprint density at radius 1 is 1.48 bits per heavy atom. The minimum atomic E-state index is -0.324. The Hall–Kier alpha value is -0.690. The van der Waals surface area contributed by atoms with Gasteiger partial charge in [-0.25, -0.2) is 0 Å². The van der Waals surface area contributed by atoms with E-state index in [4.69, 9.17) is 4.74 Å². The molecule has 2 saturated heterocycles. The monoisotopic (exact) mass is 299 g/mol. The zero-order chi connectivity index (χ0) is 15.4. The maximum Gasteiger partial charge on any atom is 0.242 e. The lowest BCUT2D eigenvalue weighted by atomic mass is 10.1. The molecule has 2 unspecified atom stereocenters. The predicted molar refractivity (Wildman–Crippen MR) is 81.1 cm³/mol. The second kappa shape index (κ2) is 7.54. The lowest BCUT2D eigenvalue weighted by Crippen LogP contribution is -2.62. The molecule has 1 amide bonds. The summed E-state index contributed by atoms with van der Waals surface area (Å²) in [5, 5.41) is 12.9. The summed E-state index contributed by atoms with van der Waals surface area (Å²) < 4.78 is 5.58. The Balaban J connectivity index is 1.94. The number of nitrogens with zero attached hydrogens (tertiary/aromatic N) is 2. The molecule has 6 nitrogen and oxygen atoms in total. The van der Waals surface area contributed by atoms with Crippen molar-refractivity contribution in [3.63, 3.8) is 0 Å². The summed E-state index contributed by atoms with van der Waals surface area (Å²) in [6.45, 7) is 10.3. The minimum Gasteiger partial charge on any atom is -0.392 e. The summed E-state index contributed by atoms with van der Waals surface area (Å²) in [5.41, 5.74) is 0. The fourth-order valence-electron chi connectivity index (χ4n) is 3.27.